The van der Waals surface area contributed by atoms with Crippen molar-refractivity contribution in [1.82, 2.24) is 20.0 Å². The number of benzene rings is 1. The SMILES string of the molecule is Cc1nn(C)c(C)c1C(=O)C(=O)N1CCC(NC(=O)c2ccccc2)CC1. The molecule has 0 aliphatic carbocycles. The van der Waals surface area contributed by atoms with Crippen molar-refractivity contribution in [2.45, 2.75) is 32.7 Å². The van der Waals surface area contributed by atoms with Crippen molar-refractivity contribution < 1.29 is 14.4 Å². The van der Waals surface area contributed by atoms with Crippen LogP contribution in [0.4, 0.5) is 0 Å². The van der Waals surface area contributed by atoms with Gasteiger partial charge in [0, 0.05) is 37.4 Å². The van der Waals surface area contributed by atoms with Crippen LogP contribution in [0.15, 0.2) is 30.3 Å². The molecule has 7 nitrogen and oxygen atoms in total. The number of nitrogens with one attached hydrogen (secondary N) is 1. The Morgan fingerprint density at radius 1 is 1.07 bits per heavy atom. The van der Waals surface area contributed by atoms with E-state index in [1.54, 1.807) is 42.6 Å². The van der Waals surface area contributed by atoms with Crippen LogP contribution in [-0.4, -0.2) is 51.4 Å². The van der Waals surface area contributed by atoms with Gasteiger partial charge in [0.15, 0.2) is 0 Å². The van der Waals surface area contributed by atoms with Crippen molar-refractivity contribution in [3.05, 3.63) is 52.8 Å². The summed E-state index contributed by atoms with van der Waals surface area (Å²) in [5, 5.41) is 7.21. The molecule has 1 aromatic carbocycles. The third-order valence-electron chi connectivity index (χ3n) is 5.08. The zero-order valence-corrected chi connectivity index (χ0v) is 15.9. The zero-order valence-electron chi connectivity index (χ0n) is 15.9. The van der Waals surface area contributed by atoms with Gasteiger partial charge >= 0.3 is 0 Å². The van der Waals surface area contributed by atoms with Crippen molar-refractivity contribution in [3.8, 4) is 0 Å². The number of hydrogen-bond acceptors (Lipinski definition) is 4. The van der Waals surface area contributed by atoms with Gasteiger partial charge in [-0.15, -0.1) is 0 Å². The molecule has 3 rings (SSSR count). The lowest BCUT2D eigenvalue weighted by molar-refractivity contribution is -0.127. The molecule has 1 aliphatic heterocycles. The van der Waals surface area contributed by atoms with E-state index in [-0.39, 0.29) is 11.9 Å². The monoisotopic (exact) mass is 368 g/mol. The summed E-state index contributed by atoms with van der Waals surface area (Å²) in [5.41, 5.74) is 2.27. The van der Waals surface area contributed by atoms with Crippen LogP contribution in [0.3, 0.4) is 0 Å². The molecule has 0 bridgehead atoms. The van der Waals surface area contributed by atoms with E-state index in [4.69, 9.17) is 0 Å². The third-order valence-corrected chi connectivity index (χ3v) is 5.08. The molecule has 0 radical (unpaired) electrons. The second-order valence-electron chi connectivity index (χ2n) is 6.90. The van der Waals surface area contributed by atoms with Gasteiger partial charge in [0.1, 0.15) is 0 Å². The van der Waals surface area contributed by atoms with E-state index in [1.165, 1.54) is 0 Å². The summed E-state index contributed by atoms with van der Waals surface area (Å²) in [6.07, 6.45) is 1.26. The molecular formula is C20H24N4O3. The molecule has 1 aromatic heterocycles. The zero-order chi connectivity index (χ0) is 19.6. The first-order chi connectivity index (χ1) is 12.9. The van der Waals surface area contributed by atoms with Crippen LogP contribution in [0.25, 0.3) is 0 Å². The quantitative estimate of drug-likeness (QED) is 0.657. The number of Topliss-reactive ketones (excluding diaryl/α,β-unsaturated/α-hetero) is 1. The highest BCUT2D eigenvalue weighted by atomic mass is 16.2. The summed E-state index contributed by atoms with van der Waals surface area (Å²) in [7, 11) is 1.75. The maximum Gasteiger partial charge on any atom is 0.295 e. The molecule has 1 saturated heterocycles. The Kier molecular flexibility index (Phi) is 5.39. The normalized spacial score (nSPS) is 14.9. The topological polar surface area (TPSA) is 84.3 Å². The number of ketones is 1. The molecule has 27 heavy (non-hydrogen) atoms. The summed E-state index contributed by atoms with van der Waals surface area (Å²) in [5.74, 6) is -1.12. The average Bonchev–Trinajstić information content (AvgIpc) is 2.93. The van der Waals surface area contributed by atoms with Gasteiger partial charge in [-0.2, -0.15) is 5.10 Å². The van der Waals surface area contributed by atoms with Crippen molar-refractivity contribution in [2.24, 2.45) is 7.05 Å². The average molecular weight is 368 g/mol. The van der Waals surface area contributed by atoms with Gasteiger partial charge in [0.2, 0.25) is 0 Å². The number of carbonyl (C=O) groups is 3. The summed E-state index contributed by atoms with van der Waals surface area (Å²) in [6, 6.07) is 9.05. The van der Waals surface area contributed by atoms with Crippen molar-refractivity contribution >= 4 is 17.6 Å². The molecule has 2 aromatic rings. The molecule has 0 unspecified atom stereocenters. The Labute approximate surface area is 158 Å². The number of amides is 2. The minimum atomic E-state index is -0.509. The van der Waals surface area contributed by atoms with E-state index in [0.717, 1.165) is 0 Å². The first kappa shape index (κ1) is 18.8. The summed E-state index contributed by atoms with van der Waals surface area (Å²) < 4.78 is 1.61. The van der Waals surface area contributed by atoms with Gasteiger partial charge < -0.3 is 10.2 Å². The lowest BCUT2D eigenvalue weighted by Gasteiger charge is -2.32. The first-order valence-corrected chi connectivity index (χ1v) is 9.08. The fourth-order valence-electron chi connectivity index (χ4n) is 3.44. The fourth-order valence-corrected chi connectivity index (χ4v) is 3.44. The van der Waals surface area contributed by atoms with E-state index in [2.05, 4.69) is 10.4 Å². The molecule has 0 saturated carbocycles. The van der Waals surface area contributed by atoms with E-state index < -0.39 is 11.7 Å². The Hall–Kier alpha value is -2.96. The second kappa shape index (κ2) is 7.73. The molecule has 1 fully saturated rings. The van der Waals surface area contributed by atoms with Gasteiger partial charge in [-0.25, -0.2) is 0 Å². The maximum atomic E-state index is 12.6. The Balaban J connectivity index is 1.58. The van der Waals surface area contributed by atoms with Gasteiger partial charge in [-0.3, -0.25) is 19.1 Å². The van der Waals surface area contributed by atoms with E-state index >= 15 is 0 Å². The van der Waals surface area contributed by atoms with Crippen molar-refractivity contribution in [1.29, 1.82) is 0 Å². The number of rotatable bonds is 4. The highest BCUT2D eigenvalue weighted by molar-refractivity contribution is 6.43. The van der Waals surface area contributed by atoms with Crippen LogP contribution >= 0.6 is 0 Å². The van der Waals surface area contributed by atoms with Gasteiger partial charge in [-0.1, -0.05) is 18.2 Å². The minimum Gasteiger partial charge on any atom is -0.349 e. The third kappa shape index (κ3) is 3.92. The summed E-state index contributed by atoms with van der Waals surface area (Å²) in [6.45, 7) is 4.41. The largest absolute Gasteiger partial charge is 0.349 e. The lowest BCUT2D eigenvalue weighted by Crippen LogP contribution is -2.48. The molecule has 2 amide bonds. The number of aromatic nitrogens is 2. The number of hydrogen-bond donors (Lipinski definition) is 1. The second-order valence-corrected chi connectivity index (χ2v) is 6.90. The Bertz CT molecular complexity index is 865. The van der Waals surface area contributed by atoms with Crippen LogP contribution in [0.5, 0.6) is 0 Å². The molecule has 0 spiro atoms. The first-order valence-electron chi connectivity index (χ1n) is 9.08. The van der Waals surface area contributed by atoms with E-state index in [0.29, 0.717) is 48.4 Å². The van der Waals surface area contributed by atoms with E-state index in [1.807, 2.05) is 18.2 Å². The minimum absolute atomic E-state index is 0.00118. The highest BCUT2D eigenvalue weighted by Crippen LogP contribution is 2.17. The lowest BCUT2D eigenvalue weighted by atomic mass is 10.0. The molecule has 1 aliphatic rings. The molecule has 2 heterocycles. The molecule has 1 N–H and O–H groups in total. The summed E-state index contributed by atoms with van der Waals surface area (Å²) >= 11 is 0. The Morgan fingerprint density at radius 3 is 2.26 bits per heavy atom. The molecular weight excluding hydrogens is 344 g/mol. The van der Waals surface area contributed by atoms with E-state index in [9.17, 15) is 14.4 Å². The maximum absolute atomic E-state index is 12.6. The smallest absolute Gasteiger partial charge is 0.295 e. The van der Waals surface area contributed by atoms with Gasteiger partial charge in [0.25, 0.3) is 17.6 Å². The van der Waals surface area contributed by atoms with Crippen LogP contribution in [0.2, 0.25) is 0 Å². The highest BCUT2D eigenvalue weighted by Gasteiger charge is 2.31. The van der Waals surface area contributed by atoms with Crippen LogP contribution in [0.1, 0.15) is 44.9 Å². The van der Waals surface area contributed by atoms with Gasteiger partial charge in [0.05, 0.1) is 11.3 Å². The molecule has 142 valence electrons. The number of piperidine rings is 1. The predicted octanol–water partition coefficient (Wildman–Crippen LogP) is 1.64. The molecule has 7 heteroatoms. The van der Waals surface area contributed by atoms with Crippen LogP contribution in [-0.2, 0) is 11.8 Å². The van der Waals surface area contributed by atoms with Crippen molar-refractivity contribution in [2.75, 3.05) is 13.1 Å². The number of nitrogens with zero attached hydrogens (tertiary/aromatic N) is 3. The number of likely N-dealkylation sites (tertiary alicyclic amines) is 1. The fraction of sp³-hybridized carbons (Fsp3) is 0.400. The van der Waals surface area contributed by atoms with Gasteiger partial charge in [-0.05, 0) is 38.8 Å². The standard InChI is InChI=1S/C20H24N4O3/c1-13-17(14(2)23(3)22-13)18(25)20(27)24-11-9-16(10-12-24)21-19(26)15-7-5-4-6-8-15/h4-8,16H,9-12H2,1-3H3,(H,21,26). The van der Waals surface area contributed by atoms with Crippen LogP contribution < -0.4 is 5.32 Å². The Morgan fingerprint density at radius 2 is 1.70 bits per heavy atom. The molecule has 0 atom stereocenters. The summed E-state index contributed by atoms with van der Waals surface area (Å²) in [4.78, 5) is 39.1. The van der Waals surface area contributed by atoms with Crippen molar-refractivity contribution in [3.63, 3.8) is 0 Å². The number of carbonyl (C=O) groups excluding carboxylic acids is 3. The predicted molar refractivity (Wildman–Crippen MR) is 101 cm³/mol. The number of aryl methyl sites for hydroxylation is 2. The van der Waals surface area contributed by atoms with Crippen LogP contribution in [0, 0.1) is 13.8 Å².